The number of fused-ring (bicyclic) bond motifs is 1. The van der Waals surface area contributed by atoms with Crippen molar-refractivity contribution in [1.29, 1.82) is 0 Å². The summed E-state index contributed by atoms with van der Waals surface area (Å²) in [7, 11) is 0. The molecule has 1 amide bonds. The average molecular weight is 500 g/mol. The van der Waals surface area contributed by atoms with E-state index in [2.05, 4.69) is 48.3 Å². The smallest absolute Gasteiger partial charge is 0.273 e. The average Bonchev–Trinajstić information content (AvgIpc) is 3.43. The number of hydrogen-bond donors (Lipinski definition) is 1. The molecule has 4 aromatic rings. The van der Waals surface area contributed by atoms with Gasteiger partial charge in [-0.2, -0.15) is 5.10 Å². The van der Waals surface area contributed by atoms with Crippen LogP contribution < -0.4 is 4.74 Å². The van der Waals surface area contributed by atoms with Crippen LogP contribution in [0.2, 0.25) is 5.02 Å². The number of H-pyrrole nitrogens is 1. The van der Waals surface area contributed by atoms with Gasteiger partial charge < -0.3 is 9.64 Å². The van der Waals surface area contributed by atoms with Crippen LogP contribution in [0.25, 0.3) is 11.3 Å². The zero-order chi connectivity index (χ0) is 25.1. The van der Waals surface area contributed by atoms with Crippen molar-refractivity contribution in [3.05, 3.63) is 106 Å². The van der Waals surface area contributed by atoms with Crippen molar-refractivity contribution < 1.29 is 9.53 Å². The van der Waals surface area contributed by atoms with Gasteiger partial charge in [0.25, 0.3) is 5.91 Å². The van der Waals surface area contributed by atoms with E-state index in [1.165, 1.54) is 5.56 Å². The highest BCUT2D eigenvalue weighted by Crippen LogP contribution is 2.44. The number of nitrogens with zero attached hydrogens (tertiary/aromatic N) is 2. The van der Waals surface area contributed by atoms with E-state index in [9.17, 15) is 4.79 Å². The first kappa shape index (κ1) is 24.1. The second-order valence-electron chi connectivity index (χ2n) is 9.28. The number of unbranched alkanes of at least 4 members (excludes halogenated alkanes) is 2. The summed E-state index contributed by atoms with van der Waals surface area (Å²) < 4.78 is 5.93. The summed E-state index contributed by atoms with van der Waals surface area (Å²) >= 11 is 6.49. The Labute approximate surface area is 217 Å². The van der Waals surface area contributed by atoms with Crippen LogP contribution in [0.3, 0.4) is 0 Å². The molecule has 2 heterocycles. The standard InChI is InChI=1S/C30H30ClN3O2/c1-3-4-7-18-36-24-16-14-22(15-17-24)29-26-27(21-12-10-20(2)11-13-21)32-33-28(26)30(35)34(29)19-23-8-5-6-9-25(23)31/h5-6,8-17,29H,3-4,7,18-19H2,1-2H3,(H,32,33). The quantitative estimate of drug-likeness (QED) is 0.245. The van der Waals surface area contributed by atoms with Crippen LogP contribution in [0.4, 0.5) is 0 Å². The minimum absolute atomic E-state index is 0.0827. The predicted octanol–water partition coefficient (Wildman–Crippen LogP) is 7.35. The Morgan fingerprint density at radius 2 is 1.75 bits per heavy atom. The van der Waals surface area contributed by atoms with Crippen LogP contribution in [0.1, 0.15) is 65.0 Å². The maximum absolute atomic E-state index is 13.7. The van der Waals surface area contributed by atoms with Gasteiger partial charge in [0.2, 0.25) is 0 Å². The molecule has 1 atom stereocenters. The zero-order valence-electron chi connectivity index (χ0n) is 20.6. The number of carbonyl (C=O) groups excluding carboxylic acids is 1. The second-order valence-corrected chi connectivity index (χ2v) is 9.69. The van der Waals surface area contributed by atoms with Gasteiger partial charge in [0.15, 0.2) is 0 Å². The Morgan fingerprint density at radius 1 is 1.00 bits per heavy atom. The van der Waals surface area contributed by atoms with E-state index in [-0.39, 0.29) is 11.9 Å². The first-order valence-corrected chi connectivity index (χ1v) is 12.9. The Hall–Kier alpha value is -3.57. The molecule has 0 spiro atoms. The van der Waals surface area contributed by atoms with E-state index in [0.717, 1.165) is 53.0 Å². The first-order chi connectivity index (χ1) is 17.6. The Balaban J connectivity index is 1.53. The predicted molar refractivity (Wildman–Crippen MR) is 143 cm³/mol. The molecule has 0 radical (unpaired) electrons. The van der Waals surface area contributed by atoms with E-state index >= 15 is 0 Å². The number of halogens is 1. The molecule has 6 heteroatoms. The summed E-state index contributed by atoms with van der Waals surface area (Å²) in [5.74, 6) is 0.753. The molecule has 0 saturated carbocycles. The number of nitrogens with one attached hydrogen (secondary N) is 1. The molecule has 36 heavy (non-hydrogen) atoms. The largest absolute Gasteiger partial charge is 0.494 e. The van der Waals surface area contributed by atoms with Gasteiger partial charge in [0.05, 0.1) is 18.3 Å². The minimum atomic E-state index is -0.298. The lowest BCUT2D eigenvalue weighted by Gasteiger charge is -2.27. The molecule has 1 aliphatic rings. The van der Waals surface area contributed by atoms with Crippen LogP contribution in [-0.4, -0.2) is 27.6 Å². The van der Waals surface area contributed by atoms with Gasteiger partial charge in [-0.15, -0.1) is 0 Å². The molecule has 0 aliphatic carbocycles. The van der Waals surface area contributed by atoms with Gasteiger partial charge in [0, 0.05) is 22.7 Å². The van der Waals surface area contributed by atoms with E-state index in [0.29, 0.717) is 23.9 Å². The molecule has 1 aromatic heterocycles. The number of aromatic amines is 1. The normalized spacial score (nSPS) is 14.8. The number of aryl methyl sites for hydroxylation is 1. The highest BCUT2D eigenvalue weighted by molar-refractivity contribution is 6.31. The Morgan fingerprint density at radius 3 is 2.47 bits per heavy atom. The molecular formula is C30H30ClN3O2. The molecule has 184 valence electrons. The number of amides is 1. The zero-order valence-corrected chi connectivity index (χ0v) is 21.4. The Kier molecular flexibility index (Phi) is 7.10. The van der Waals surface area contributed by atoms with E-state index in [1.54, 1.807) is 0 Å². The van der Waals surface area contributed by atoms with Crippen LogP contribution in [0, 0.1) is 6.92 Å². The monoisotopic (exact) mass is 499 g/mol. The van der Waals surface area contributed by atoms with Crippen LogP contribution in [-0.2, 0) is 6.54 Å². The van der Waals surface area contributed by atoms with Crippen molar-refractivity contribution in [2.45, 2.75) is 45.7 Å². The number of hydrogen-bond acceptors (Lipinski definition) is 3. The maximum Gasteiger partial charge on any atom is 0.273 e. The third kappa shape index (κ3) is 4.76. The number of aromatic nitrogens is 2. The van der Waals surface area contributed by atoms with Crippen molar-refractivity contribution in [2.75, 3.05) is 6.61 Å². The summed E-state index contributed by atoms with van der Waals surface area (Å²) in [6.45, 7) is 5.34. The fourth-order valence-corrected chi connectivity index (χ4v) is 4.93. The molecule has 0 fully saturated rings. The molecule has 3 aromatic carbocycles. The summed E-state index contributed by atoms with van der Waals surface area (Å²) in [5.41, 5.74) is 6.29. The summed E-state index contributed by atoms with van der Waals surface area (Å²) in [6, 6.07) is 23.7. The molecule has 1 unspecified atom stereocenters. The third-order valence-electron chi connectivity index (χ3n) is 6.70. The van der Waals surface area contributed by atoms with Gasteiger partial charge in [0.1, 0.15) is 11.4 Å². The van der Waals surface area contributed by atoms with Crippen LogP contribution in [0.5, 0.6) is 5.75 Å². The highest BCUT2D eigenvalue weighted by atomic mass is 35.5. The Bertz CT molecular complexity index is 1350. The lowest BCUT2D eigenvalue weighted by molar-refractivity contribution is 0.0730. The first-order valence-electron chi connectivity index (χ1n) is 12.5. The second kappa shape index (κ2) is 10.6. The van der Waals surface area contributed by atoms with Crippen molar-refractivity contribution in [1.82, 2.24) is 15.1 Å². The molecular weight excluding hydrogens is 470 g/mol. The fraction of sp³-hybridized carbons (Fsp3) is 0.267. The molecule has 0 saturated heterocycles. The molecule has 5 nitrogen and oxygen atoms in total. The molecule has 5 rings (SSSR count). The van der Waals surface area contributed by atoms with E-state index in [1.807, 2.05) is 53.4 Å². The molecule has 0 bridgehead atoms. The lowest BCUT2D eigenvalue weighted by Crippen LogP contribution is -2.29. The number of benzene rings is 3. The fourth-order valence-electron chi connectivity index (χ4n) is 4.74. The number of rotatable bonds is 9. The highest BCUT2D eigenvalue weighted by Gasteiger charge is 2.42. The number of ether oxygens (including phenoxy) is 1. The summed E-state index contributed by atoms with van der Waals surface area (Å²) in [6.07, 6.45) is 3.36. The van der Waals surface area contributed by atoms with Crippen LogP contribution in [0.15, 0.2) is 72.8 Å². The van der Waals surface area contributed by atoms with Gasteiger partial charge >= 0.3 is 0 Å². The maximum atomic E-state index is 13.7. The van der Waals surface area contributed by atoms with Crippen molar-refractivity contribution in [3.8, 4) is 17.0 Å². The topological polar surface area (TPSA) is 58.2 Å². The van der Waals surface area contributed by atoms with Gasteiger partial charge in [-0.05, 0) is 42.7 Å². The molecule has 1 aliphatic heterocycles. The van der Waals surface area contributed by atoms with E-state index in [4.69, 9.17) is 16.3 Å². The molecule has 1 N–H and O–H groups in total. The van der Waals surface area contributed by atoms with Gasteiger partial charge in [-0.1, -0.05) is 91.5 Å². The van der Waals surface area contributed by atoms with Gasteiger partial charge in [-0.3, -0.25) is 9.89 Å². The summed E-state index contributed by atoms with van der Waals surface area (Å²) in [4.78, 5) is 15.5. The summed E-state index contributed by atoms with van der Waals surface area (Å²) in [5, 5.41) is 8.25. The number of carbonyl (C=O) groups is 1. The van der Waals surface area contributed by atoms with E-state index < -0.39 is 0 Å². The van der Waals surface area contributed by atoms with Crippen LogP contribution >= 0.6 is 11.6 Å². The van der Waals surface area contributed by atoms with Crippen molar-refractivity contribution in [3.63, 3.8) is 0 Å². The minimum Gasteiger partial charge on any atom is -0.494 e. The van der Waals surface area contributed by atoms with Crippen molar-refractivity contribution in [2.24, 2.45) is 0 Å². The SMILES string of the molecule is CCCCCOc1ccc(C2c3c(-c4ccc(C)cc4)n[nH]c3C(=O)N2Cc2ccccc2Cl)cc1. The third-order valence-corrected chi connectivity index (χ3v) is 7.07. The van der Waals surface area contributed by atoms with Gasteiger partial charge in [-0.25, -0.2) is 0 Å². The van der Waals surface area contributed by atoms with Crippen molar-refractivity contribution >= 4 is 17.5 Å². The lowest BCUT2D eigenvalue weighted by atomic mass is 9.95.